The average molecular weight is 257 g/mol. The first kappa shape index (κ1) is 14.8. The first-order valence-electron chi connectivity index (χ1n) is 6.53. The van der Waals surface area contributed by atoms with Crippen molar-refractivity contribution in [2.45, 2.75) is 38.6 Å². The third-order valence-electron chi connectivity index (χ3n) is 3.41. The topological polar surface area (TPSA) is 95.7 Å². The fourth-order valence-electron chi connectivity index (χ4n) is 2.05. The SMILES string of the molecule is CCC(CNC(=O)N1CCC(N)CC1)CC(=O)O. The summed E-state index contributed by atoms with van der Waals surface area (Å²) in [6.07, 6.45) is 2.51. The summed E-state index contributed by atoms with van der Waals surface area (Å²) in [6.45, 7) is 3.72. The lowest BCUT2D eigenvalue weighted by atomic mass is 10.0. The van der Waals surface area contributed by atoms with Crippen LogP contribution < -0.4 is 11.1 Å². The molecule has 1 rings (SSSR count). The number of likely N-dealkylation sites (tertiary alicyclic amines) is 1. The van der Waals surface area contributed by atoms with E-state index >= 15 is 0 Å². The van der Waals surface area contributed by atoms with Gasteiger partial charge >= 0.3 is 12.0 Å². The average Bonchev–Trinajstić information content (AvgIpc) is 2.34. The quantitative estimate of drug-likeness (QED) is 0.672. The second-order valence-corrected chi connectivity index (χ2v) is 4.88. The van der Waals surface area contributed by atoms with E-state index in [1.165, 1.54) is 0 Å². The standard InChI is InChI=1S/C12H23N3O3/c1-2-9(7-11(16)17)8-14-12(18)15-5-3-10(13)4-6-15/h9-10H,2-8,13H2,1H3,(H,14,18)(H,16,17). The summed E-state index contributed by atoms with van der Waals surface area (Å²) in [7, 11) is 0. The summed E-state index contributed by atoms with van der Waals surface area (Å²) in [6, 6.07) is 0.0928. The van der Waals surface area contributed by atoms with Gasteiger partial charge in [-0.05, 0) is 18.8 Å². The van der Waals surface area contributed by atoms with Crippen LogP contribution in [-0.2, 0) is 4.79 Å². The van der Waals surface area contributed by atoms with Crippen molar-refractivity contribution >= 4 is 12.0 Å². The molecule has 1 unspecified atom stereocenters. The number of nitrogens with two attached hydrogens (primary N) is 1. The molecule has 1 aliphatic heterocycles. The molecule has 1 aliphatic rings. The highest BCUT2D eigenvalue weighted by Crippen LogP contribution is 2.10. The van der Waals surface area contributed by atoms with Crippen LogP contribution in [0, 0.1) is 5.92 Å². The number of carboxylic acid groups (broad SMARTS) is 1. The fraction of sp³-hybridized carbons (Fsp3) is 0.833. The maximum atomic E-state index is 11.8. The van der Waals surface area contributed by atoms with Gasteiger partial charge in [0.1, 0.15) is 0 Å². The highest BCUT2D eigenvalue weighted by molar-refractivity contribution is 5.74. The number of piperidine rings is 1. The van der Waals surface area contributed by atoms with Gasteiger partial charge in [-0.2, -0.15) is 0 Å². The predicted octanol–water partition coefficient (Wildman–Crippen LogP) is 0.620. The minimum absolute atomic E-state index is 0.00139. The predicted molar refractivity (Wildman–Crippen MR) is 68.2 cm³/mol. The molecule has 1 atom stereocenters. The zero-order valence-corrected chi connectivity index (χ0v) is 10.9. The Balaban J connectivity index is 2.29. The van der Waals surface area contributed by atoms with Crippen molar-refractivity contribution in [3.8, 4) is 0 Å². The monoisotopic (exact) mass is 257 g/mol. The van der Waals surface area contributed by atoms with Crippen molar-refractivity contribution in [3.63, 3.8) is 0 Å². The number of urea groups is 1. The van der Waals surface area contributed by atoms with Gasteiger partial charge in [0.15, 0.2) is 0 Å². The van der Waals surface area contributed by atoms with Crippen LogP contribution >= 0.6 is 0 Å². The number of hydrogen-bond acceptors (Lipinski definition) is 3. The van der Waals surface area contributed by atoms with Gasteiger partial charge in [-0.15, -0.1) is 0 Å². The first-order valence-corrected chi connectivity index (χ1v) is 6.53. The van der Waals surface area contributed by atoms with E-state index in [1.54, 1.807) is 4.90 Å². The van der Waals surface area contributed by atoms with E-state index in [-0.39, 0.29) is 24.4 Å². The van der Waals surface area contributed by atoms with Crippen LogP contribution in [0.3, 0.4) is 0 Å². The largest absolute Gasteiger partial charge is 0.481 e. The molecule has 4 N–H and O–H groups in total. The number of hydrogen-bond donors (Lipinski definition) is 3. The first-order chi connectivity index (χ1) is 8.52. The molecule has 0 bridgehead atoms. The van der Waals surface area contributed by atoms with Gasteiger partial charge in [0.25, 0.3) is 0 Å². The highest BCUT2D eigenvalue weighted by Gasteiger charge is 2.21. The van der Waals surface area contributed by atoms with Crippen molar-refractivity contribution in [2.24, 2.45) is 11.7 Å². The lowest BCUT2D eigenvalue weighted by Crippen LogP contribution is -2.48. The molecule has 104 valence electrons. The summed E-state index contributed by atoms with van der Waals surface area (Å²) >= 11 is 0. The maximum absolute atomic E-state index is 11.8. The number of carboxylic acids is 1. The smallest absolute Gasteiger partial charge is 0.317 e. The van der Waals surface area contributed by atoms with Crippen molar-refractivity contribution in [1.29, 1.82) is 0 Å². The lowest BCUT2D eigenvalue weighted by Gasteiger charge is -2.30. The Bertz CT molecular complexity index is 288. The molecular weight excluding hydrogens is 234 g/mol. The molecule has 0 spiro atoms. The number of nitrogens with one attached hydrogen (secondary N) is 1. The Labute approximate surface area is 108 Å². The molecule has 18 heavy (non-hydrogen) atoms. The van der Waals surface area contributed by atoms with Gasteiger partial charge < -0.3 is 21.1 Å². The summed E-state index contributed by atoms with van der Waals surface area (Å²) in [5, 5.41) is 11.5. The zero-order chi connectivity index (χ0) is 13.5. The van der Waals surface area contributed by atoms with Gasteiger partial charge in [0.05, 0.1) is 0 Å². The van der Waals surface area contributed by atoms with Crippen molar-refractivity contribution in [3.05, 3.63) is 0 Å². The van der Waals surface area contributed by atoms with Gasteiger partial charge in [-0.3, -0.25) is 4.79 Å². The fourth-order valence-corrected chi connectivity index (χ4v) is 2.05. The Morgan fingerprint density at radius 2 is 2.06 bits per heavy atom. The minimum atomic E-state index is -0.819. The van der Waals surface area contributed by atoms with Crippen molar-refractivity contribution < 1.29 is 14.7 Å². The van der Waals surface area contributed by atoms with Crippen molar-refractivity contribution in [2.75, 3.05) is 19.6 Å². The Morgan fingerprint density at radius 1 is 1.44 bits per heavy atom. The van der Waals surface area contributed by atoms with Crippen LogP contribution in [0.1, 0.15) is 32.6 Å². The number of nitrogens with zero attached hydrogens (tertiary/aromatic N) is 1. The van der Waals surface area contributed by atoms with E-state index in [9.17, 15) is 9.59 Å². The van der Waals surface area contributed by atoms with Gasteiger partial charge in [0.2, 0.25) is 0 Å². The molecule has 6 heteroatoms. The molecule has 1 saturated heterocycles. The zero-order valence-electron chi connectivity index (χ0n) is 10.9. The molecule has 6 nitrogen and oxygen atoms in total. The molecule has 1 heterocycles. The van der Waals surface area contributed by atoms with E-state index in [0.717, 1.165) is 19.3 Å². The third kappa shape index (κ3) is 4.91. The molecule has 0 aromatic rings. The van der Waals surface area contributed by atoms with Crippen LogP contribution in [0.2, 0.25) is 0 Å². The molecule has 0 aliphatic carbocycles. The number of carbonyl (C=O) groups excluding carboxylic acids is 1. The Morgan fingerprint density at radius 3 is 2.56 bits per heavy atom. The normalized spacial score (nSPS) is 18.4. The number of amides is 2. The number of rotatable bonds is 5. The van der Waals surface area contributed by atoms with E-state index < -0.39 is 5.97 Å². The summed E-state index contributed by atoms with van der Waals surface area (Å²) < 4.78 is 0. The van der Waals surface area contributed by atoms with Gasteiger partial charge in [-0.1, -0.05) is 13.3 Å². The second-order valence-electron chi connectivity index (χ2n) is 4.88. The molecule has 0 aromatic carbocycles. The maximum Gasteiger partial charge on any atom is 0.317 e. The summed E-state index contributed by atoms with van der Waals surface area (Å²) in [4.78, 5) is 24.2. The van der Waals surface area contributed by atoms with Crippen molar-refractivity contribution in [1.82, 2.24) is 10.2 Å². The van der Waals surface area contributed by atoms with E-state index in [2.05, 4.69) is 5.32 Å². The van der Waals surface area contributed by atoms with E-state index in [0.29, 0.717) is 19.6 Å². The number of aliphatic carboxylic acids is 1. The summed E-state index contributed by atoms with van der Waals surface area (Å²) in [5.74, 6) is -0.821. The molecule has 1 fully saturated rings. The lowest BCUT2D eigenvalue weighted by molar-refractivity contribution is -0.138. The van der Waals surface area contributed by atoms with E-state index in [4.69, 9.17) is 10.8 Å². The highest BCUT2D eigenvalue weighted by atomic mass is 16.4. The minimum Gasteiger partial charge on any atom is -0.481 e. The van der Waals surface area contributed by atoms with Crippen LogP contribution in [-0.4, -0.2) is 47.7 Å². The molecular formula is C12H23N3O3. The third-order valence-corrected chi connectivity index (χ3v) is 3.41. The Kier molecular flexibility index (Phi) is 5.91. The Hall–Kier alpha value is -1.30. The van der Waals surface area contributed by atoms with Crippen LogP contribution in [0.5, 0.6) is 0 Å². The second kappa shape index (κ2) is 7.20. The van der Waals surface area contributed by atoms with Gasteiger partial charge in [-0.25, -0.2) is 4.79 Å². The van der Waals surface area contributed by atoms with Crippen LogP contribution in [0.25, 0.3) is 0 Å². The molecule has 2 amide bonds. The van der Waals surface area contributed by atoms with E-state index in [1.807, 2.05) is 6.92 Å². The molecule has 0 aromatic heterocycles. The molecule has 0 saturated carbocycles. The van der Waals surface area contributed by atoms with Crippen LogP contribution in [0.15, 0.2) is 0 Å². The van der Waals surface area contributed by atoms with Crippen LogP contribution in [0.4, 0.5) is 4.79 Å². The summed E-state index contributed by atoms with van der Waals surface area (Å²) in [5.41, 5.74) is 5.77. The molecule has 0 radical (unpaired) electrons. The number of carbonyl (C=O) groups is 2. The van der Waals surface area contributed by atoms with Gasteiger partial charge in [0, 0.05) is 32.1 Å².